The first-order chi connectivity index (χ1) is 3.80. The lowest BCUT2D eigenvalue weighted by Gasteiger charge is -2.25. The molecule has 2 heteroatoms. The third kappa shape index (κ3) is 0.941. The Labute approximate surface area is 49.7 Å². The van der Waals surface area contributed by atoms with E-state index in [9.17, 15) is 0 Å². The molecule has 0 radical (unpaired) electrons. The topological polar surface area (TPSA) is 12.5 Å². The van der Waals surface area contributed by atoms with Crippen LogP contribution in [-0.2, 0) is 4.74 Å². The van der Waals surface area contributed by atoms with Gasteiger partial charge in [-0.05, 0) is 6.92 Å². The summed E-state index contributed by atoms with van der Waals surface area (Å²) < 4.78 is 5.03. The summed E-state index contributed by atoms with van der Waals surface area (Å²) >= 11 is 0. The molecule has 1 atom stereocenters. The minimum absolute atomic E-state index is 0.528. The van der Waals surface area contributed by atoms with Gasteiger partial charge in [0.05, 0.1) is 12.3 Å². The van der Waals surface area contributed by atoms with E-state index in [1.165, 1.54) is 0 Å². The number of nitrogens with zero attached hydrogens (tertiary/aromatic N) is 1. The van der Waals surface area contributed by atoms with Gasteiger partial charge in [-0.25, -0.2) is 0 Å². The van der Waals surface area contributed by atoms with Crippen LogP contribution in [0.25, 0.3) is 0 Å². The van der Waals surface area contributed by atoms with E-state index in [1.807, 2.05) is 13.2 Å². The molecule has 1 heterocycles. The zero-order chi connectivity index (χ0) is 5.98. The van der Waals surface area contributed by atoms with Crippen molar-refractivity contribution in [2.75, 3.05) is 13.7 Å². The highest BCUT2D eigenvalue weighted by Crippen LogP contribution is 2.02. The van der Waals surface area contributed by atoms with Crippen LogP contribution >= 0.6 is 0 Å². The van der Waals surface area contributed by atoms with E-state index >= 15 is 0 Å². The average Bonchev–Trinajstić information content (AvgIpc) is 1.77. The molecule has 0 aliphatic carbocycles. The summed E-state index contributed by atoms with van der Waals surface area (Å²) in [5, 5.41) is 0. The van der Waals surface area contributed by atoms with Crippen molar-refractivity contribution in [2.45, 2.75) is 13.0 Å². The van der Waals surface area contributed by atoms with E-state index < -0.39 is 0 Å². The van der Waals surface area contributed by atoms with Gasteiger partial charge < -0.3 is 9.64 Å². The van der Waals surface area contributed by atoms with Crippen molar-refractivity contribution in [1.82, 2.24) is 4.90 Å². The molecule has 0 aromatic rings. The zero-order valence-corrected chi connectivity index (χ0v) is 5.29. The van der Waals surface area contributed by atoms with Crippen molar-refractivity contribution in [2.24, 2.45) is 0 Å². The summed E-state index contributed by atoms with van der Waals surface area (Å²) in [6.07, 6.45) is 3.66. The molecule has 8 heavy (non-hydrogen) atoms. The summed E-state index contributed by atoms with van der Waals surface area (Å²) in [5.41, 5.74) is 0. The van der Waals surface area contributed by atoms with Crippen LogP contribution in [0.3, 0.4) is 0 Å². The second-order valence-corrected chi connectivity index (χ2v) is 2.13. The van der Waals surface area contributed by atoms with Crippen LogP contribution in [0.2, 0.25) is 0 Å². The monoisotopic (exact) mass is 113 g/mol. The molecular formula is C6H11NO. The van der Waals surface area contributed by atoms with Crippen molar-refractivity contribution in [3.05, 3.63) is 12.5 Å². The van der Waals surface area contributed by atoms with Crippen LogP contribution in [0.5, 0.6) is 0 Å². The standard InChI is InChI=1S/C6H11NO/c1-6-5-8-4-3-7(6)2/h3-4,6H,5H2,1-2H3. The Kier molecular flexibility index (Phi) is 1.42. The van der Waals surface area contributed by atoms with Gasteiger partial charge in [-0.2, -0.15) is 0 Å². The lowest BCUT2D eigenvalue weighted by Crippen LogP contribution is -2.30. The molecule has 0 fully saturated rings. The molecule has 0 bridgehead atoms. The van der Waals surface area contributed by atoms with Crippen molar-refractivity contribution in [3.8, 4) is 0 Å². The van der Waals surface area contributed by atoms with Gasteiger partial charge in [0.15, 0.2) is 0 Å². The van der Waals surface area contributed by atoms with Gasteiger partial charge in [0.2, 0.25) is 0 Å². The van der Waals surface area contributed by atoms with Crippen LogP contribution in [0.4, 0.5) is 0 Å². The summed E-state index contributed by atoms with van der Waals surface area (Å²) in [6.45, 7) is 2.94. The quantitative estimate of drug-likeness (QED) is 0.461. The van der Waals surface area contributed by atoms with Gasteiger partial charge in [0.1, 0.15) is 6.61 Å². The van der Waals surface area contributed by atoms with E-state index in [0.29, 0.717) is 6.04 Å². The maximum absolute atomic E-state index is 5.03. The maximum atomic E-state index is 5.03. The highest BCUT2D eigenvalue weighted by molar-refractivity contribution is 4.82. The normalized spacial score (nSPS) is 27.8. The van der Waals surface area contributed by atoms with E-state index in [-0.39, 0.29) is 0 Å². The minimum atomic E-state index is 0.528. The van der Waals surface area contributed by atoms with Crippen molar-refractivity contribution >= 4 is 0 Å². The van der Waals surface area contributed by atoms with Crippen LogP contribution in [-0.4, -0.2) is 24.6 Å². The van der Waals surface area contributed by atoms with Gasteiger partial charge >= 0.3 is 0 Å². The van der Waals surface area contributed by atoms with Gasteiger partial charge in [0, 0.05) is 13.2 Å². The van der Waals surface area contributed by atoms with E-state index in [1.54, 1.807) is 6.26 Å². The third-order valence-electron chi connectivity index (χ3n) is 1.42. The average molecular weight is 113 g/mol. The fourth-order valence-electron chi connectivity index (χ4n) is 0.598. The number of ether oxygens (including phenoxy) is 1. The summed E-state index contributed by atoms with van der Waals surface area (Å²) in [4.78, 5) is 2.13. The van der Waals surface area contributed by atoms with Crippen LogP contribution in [0.1, 0.15) is 6.92 Å². The van der Waals surface area contributed by atoms with Crippen molar-refractivity contribution in [1.29, 1.82) is 0 Å². The molecule has 0 aromatic carbocycles. The molecule has 0 saturated heterocycles. The first-order valence-electron chi connectivity index (χ1n) is 2.81. The fourth-order valence-corrected chi connectivity index (χ4v) is 0.598. The van der Waals surface area contributed by atoms with Crippen LogP contribution in [0.15, 0.2) is 12.5 Å². The lowest BCUT2D eigenvalue weighted by molar-refractivity contribution is 0.139. The summed E-state index contributed by atoms with van der Waals surface area (Å²) in [5.74, 6) is 0. The van der Waals surface area contributed by atoms with Crippen molar-refractivity contribution < 1.29 is 4.74 Å². The fraction of sp³-hybridized carbons (Fsp3) is 0.667. The van der Waals surface area contributed by atoms with Gasteiger partial charge in [0.25, 0.3) is 0 Å². The Morgan fingerprint density at radius 2 is 2.50 bits per heavy atom. The number of hydrogen-bond acceptors (Lipinski definition) is 2. The maximum Gasteiger partial charge on any atom is 0.107 e. The van der Waals surface area contributed by atoms with E-state index in [2.05, 4.69) is 11.8 Å². The first-order valence-corrected chi connectivity index (χ1v) is 2.81. The predicted octanol–water partition coefficient (Wildman–Crippen LogP) is 0.808. The lowest BCUT2D eigenvalue weighted by atomic mass is 10.3. The van der Waals surface area contributed by atoms with Gasteiger partial charge in [-0.3, -0.25) is 0 Å². The molecule has 46 valence electrons. The highest BCUT2D eigenvalue weighted by Gasteiger charge is 2.07. The van der Waals surface area contributed by atoms with E-state index in [0.717, 1.165) is 6.61 Å². The molecule has 1 aliphatic rings. The first kappa shape index (κ1) is 5.48. The van der Waals surface area contributed by atoms with Crippen LogP contribution in [0, 0.1) is 0 Å². The Balaban J connectivity index is 2.47. The molecule has 2 nitrogen and oxygen atoms in total. The molecule has 0 N–H and O–H groups in total. The molecule has 0 saturated carbocycles. The Morgan fingerprint density at radius 1 is 1.75 bits per heavy atom. The molecular weight excluding hydrogens is 102 g/mol. The highest BCUT2D eigenvalue weighted by atomic mass is 16.5. The number of rotatable bonds is 0. The van der Waals surface area contributed by atoms with Gasteiger partial charge in [-0.15, -0.1) is 0 Å². The predicted molar refractivity (Wildman–Crippen MR) is 32.3 cm³/mol. The summed E-state index contributed by atoms with van der Waals surface area (Å²) in [7, 11) is 2.05. The SMILES string of the molecule is CC1COC=CN1C. The second-order valence-electron chi connectivity index (χ2n) is 2.13. The molecule has 0 spiro atoms. The molecule has 1 aliphatic heterocycles. The van der Waals surface area contributed by atoms with Gasteiger partial charge in [-0.1, -0.05) is 0 Å². The molecule has 0 amide bonds. The van der Waals surface area contributed by atoms with Crippen LogP contribution < -0.4 is 0 Å². The summed E-state index contributed by atoms with van der Waals surface area (Å²) in [6, 6.07) is 0.528. The largest absolute Gasteiger partial charge is 0.498 e. The van der Waals surface area contributed by atoms with E-state index in [4.69, 9.17) is 4.74 Å². The Morgan fingerprint density at radius 3 is 2.88 bits per heavy atom. The minimum Gasteiger partial charge on any atom is -0.498 e. The second kappa shape index (κ2) is 2.07. The Hall–Kier alpha value is -0.660. The molecule has 1 unspecified atom stereocenters. The third-order valence-corrected chi connectivity index (χ3v) is 1.42. The number of hydrogen-bond donors (Lipinski definition) is 0. The van der Waals surface area contributed by atoms with Crippen molar-refractivity contribution in [3.63, 3.8) is 0 Å². The smallest absolute Gasteiger partial charge is 0.107 e. The zero-order valence-electron chi connectivity index (χ0n) is 5.29. The molecule has 0 aromatic heterocycles. The number of likely N-dealkylation sites (N-methyl/N-ethyl adjacent to an activating group) is 1. The molecule has 1 rings (SSSR count). The Bertz CT molecular complexity index is 101.